The van der Waals surface area contributed by atoms with Crippen LogP contribution in [0, 0.1) is 12.3 Å². The van der Waals surface area contributed by atoms with Crippen molar-refractivity contribution >= 4 is 23.7 Å². The van der Waals surface area contributed by atoms with Crippen molar-refractivity contribution in [1.29, 1.82) is 5.41 Å². The summed E-state index contributed by atoms with van der Waals surface area (Å²) in [5, 5.41) is 10.7. The second-order valence-corrected chi connectivity index (χ2v) is 7.51. The molecule has 0 unspecified atom stereocenters. The van der Waals surface area contributed by atoms with Crippen LogP contribution in [0.5, 0.6) is 0 Å². The van der Waals surface area contributed by atoms with Crippen LogP contribution >= 0.6 is 0 Å². The number of benzene rings is 1. The lowest BCUT2D eigenvalue weighted by molar-refractivity contribution is 0.560. The monoisotopic (exact) mass is 365 g/mol. The summed E-state index contributed by atoms with van der Waals surface area (Å²) in [6.07, 6.45) is 14.2. The Balaban J connectivity index is 1.78. The average molecular weight is 366 g/mol. The zero-order valence-corrected chi connectivity index (χ0v) is 16.4. The van der Waals surface area contributed by atoms with Crippen molar-refractivity contribution in [3.05, 3.63) is 40.6 Å². The SMILES string of the molecule is Cc1nc(Nc2ccc3c(c2)CCCCCCCCCC3)nc(N)c1C=N. The normalized spacial score (nSPS) is 15.9. The Morgan fingerprint density at radius 3 is 2.19 bits per heavy atom. The molecule has 1 aromatic carbocycles. The van der Waals surface area contributed by atoms with E-state index < -0.39 is 0 Å². The Labute approximate surface area is 162 Å². The van der Waals surface area contributed by atoms with Crippen LogP contribution in [0.3, 0.4) is 0 Å². The molecule has 1 aliphatic rings. The van der Waals surface area contributed by atoms with Crippen LogP contribution in [-0.2, 0) is 12.8 Å². The Kier molecular flexibility index (Phi) is 6.80. The van der Waals surface area contributed by atoms with Gasteiger partial charge in [0.1, 0.15) is 5.82 Å². The van der Waals surface area contributed by atoms with Gasteiger partial charge in [0.15, 0.2) is 0 Å². The van der Waals surface area contributed by atoms with E-state index in [0.29, 0.717) is 23.0 Å². The Hall–Kier alpha value is -2.43. The maximum atomic E-state index is 7.42. The number of hydrogen-bond donors (Lipinski definition) is 3. The zero-order chi connectivity index (χ0) is 19.1. The fourth-order valence-corrected chi connectivity index (χ4v) is 3.84. The average Bonchev–Trinajstić information content (AvgIpc) is 2.63. The standard InChI is InChI=1S/C22H31N5/c1-16-20(15-23)21(24)27-22(25-16)26-19-13-12-17-10-8-6-4-2-3-5-7-9-11-18(17)14-19/h12-15,23H,2-11H2,1H3,(H3,24,25,26,27). The molecule has 0 aliphatic heterocycles. The number of anilines is 3. The molecule has 0 fully saturated rings. The van der Waals surface area contributed by atoms with Crippen molar-refractivity contribution in [2.45, 2.75) is 71.1 Å². The zero-order valence-electron chi connectivity index (χ0n) is 16.4. The first-order valence-electron chi connectivity index (χ1n) is 10.2. The molecular formula is C22H31N5. The molecule has 1 aliphatic carbocycles. The van der Waals surface area contributed by atoms with Crippen molar-refractivity contribution < 1.29 is 0 Å². The summed E-state index contributed by atoms with van der Waals surface area (Å²) >= 11 is 0. The van der Waals surface area contributed by atoms with Crippen molar-refractivity contribution in [2.75, 3.05) is 11.1 Å². The van der Waals surface area contributed by atoms with Crippen LogP contribution in [0.2, 0.25) is 0 Å². The third-order valence-electron chi connectivity index (χ3n) is 5.41. The van der Waals surface area contributed by atoms with E-state index in [2.05, 4.69) is 33.5 Å². The third kappa shape index (κ3) is 5.28. The first-order chi connectivity index (χ1) is 13.2. The second-order valence-electron chi connectivity index (χ2n) is 7.51. The first kappa shape index (κ1) is 19.3. The van der Waals surface area contributed by atoms with E-state index in [-0.39, 0.29) is 0 Å². The van der Waals surface area contributed by atoms with Crippen LogP contribution in [0.25, 0.3) is 0 Å². The molecule has 1 aromatic heterocycles. The number of hydrogen-bond acceptors (Lipinski definition) is 5. The van der Waals surface area contributed by atoms with Gasteiger partial charge in [-0.1, -0.05) is 44.6 Å². The molecule has 0 saturated heterocycles. The number of aryl methyl sites for hydroxylation is 3. The maximum absolute atomic E-state index is 7.42. The lowest BCUT2D eigenvalue weighted by Crippen LogP contribution is -2.07. The lowest BCUT2D eigenvalue weighted by Gasteiger charge is -2.15. The van der Waals surface area contributed by atoms with E-state index in [1.807, 2.05) is 6.92 Å². The van der Waals surface area contributed by atoms with Gasteiger partial charge in [0.05, 0.1) is 11.3 Å². The van der Waals surface area contributed by atoms with E-state index in [1.54, 1.807) is 0 Å². The summed E-state index contributed by atoms with van der Waals surface area (Å²) in [5.41, 5.74) is 11.2. The molecule has 0 amide bonds. The number of nitrogen functional groups attached to an aromatic ring is 1. The fourth-order valence-electron chi connectivity index (χ4n) is 3.84. The Morgan fingerprint density at radius 2 is 1.56 bits per heavy atom. The van der Waals surface area contributed by atoms with Gasteiger partial charge in [-0.15, -0.1) is 0 Å². The molecule has 144 valence electrons. The smallest absolute Gasteiger partial charge is 0.229 e. The summed E-state index contributed by atoms with van der Waals surface area (Å²) in [6.45, 7) is 1.85. The molecule has 4 N–H and O–H groups in total. The van der Waals surface area contributed by atoms with E-state index >= 15 is 0 Å². The number of nitrogens with zero attached hydrogens (tertiary/aromatic N) is 2. The fraction of sp³-hybridized carbons (Fsp3) is 0.500. The van der Waals surface area contributed by atoms with Gasteiger partial charge in [-0.3, -0.25) is 0 Å². The molecule has 0 spiro atoms. The molecule has 0 radical (unpaired) electrons. The second kappa shape index (κ2) is 9.49. The largest absolute Gasteiger partial charge is 0.383 e. The van der Waals surface area contributed by atoms with Crippen LogP contribution < -0.4 is 11.1 Å². The molecular weight excluding hydrogens is 334 g/mol. The van der Waals surface area contributed by atoms with Gasteiger partial charge < -0.3 is 16.5 Å². The molecule has 5 heteroatoms. The maximum Gasteiger partial charge on any atom is 0.229 e. The van der Waals surface area contributed by atoms with E-state index in [0.717, 1.165) is 12.1 Å². The molecule has 27 heavy (non-hydrogen) atoms. The molecule has 1 heterocycles. The van der Waals surface area contributed by atoms with E-state index in [1.165, 1.54) is 75.1 Å². The molecule has 0 saturated carbocycles. The van der Waals surface area contributed by atoms with Crippen LogP contribution in [-0.4, -0.2) is 16.2 Å². The quantitative estimate of drug-likeness (QED) is 0.642. The van der Waals surface area contributed by atoms with Crippen molar-refractivity contribution in [1.82, 2.24) is 9.97 Å². The number of aromatic nitrogens is 2. The minimum atomic E-state index is 0.339. The van der Waals surface area contributed by atoms with Gasteiger partial charge in [-0.25, -0.2) is 4.98 Å². The molecule has 2 aromatic rings. The molecule has 0 atom stereocenters. The minimum absolute atomic E-state index is 0.339. The van der Waals surface area contributed by atoms with Gasteiger partial charge in [0.2, 0.25) is 5.95 Å². The predicted molar refractivity (Wildman–Crippen MR) is 113 cm³/mol. The minimum Gasteiger partial charge on any atom is -0.383 e. The summed E-state index contributed by atoms with van der Waals surface area (Å²) in [5.74, 6) is 0.829. The summed E-state index contributed by atoms with van der Waals surface area (Å²) in [4.78, 5) is 8.74. The summed E-state index contributed by atoms with van der Waals surface area (Å²) in [7, 11) is 0. The number of nitrogens with two attached hydrogens (primary N) is 1. The van der Waals surface area contributed by atoms with Crippen LogP contribution in [0.4, 0.5) is 17.5 Å². The predicted octanol–water partition coefficient (Wildman–Crippen LogP) is 5.33. The van der Waals surface area contributed by atoms with Gasteiger partial charge >= 0.3 is 0 Å². The summed E-state index contributed by atoms with van der Waals surface area (Å²) in [6, 6.07) is 6.62. The molecule has 5 nitrogen and oxygen atoms in total. The highest BCUT2D eigenvalue weighted by Gasteiger charge is 2.10. The van der Waals surface area contributed by atoms with Gasteiger partial charge in [-0.05, 0) is 55.9 Å². The number of nitrogens with one attached hydrogen (secondary N) is 2. The van der Waals surface area contributed by atoms with Crippen molar-refractivity contribution in [2.24, 2.45) is 0 Å². The van der Waals surface area contributed by atoms with Crippen molar-refractivity contribution in [3.63, 3.8) is 0 Å². The third-order valence-corrected chi connectivity index (χ3v) is 5.41. The summed E-state index contributed by atoms with van der Waals surface area (Å²) < 4.78 is 0. The van der Waals surface area contributed by atoms with Crippen LogP contribution in [0.15, 0.2) is 18.2 Å². The molecule has 0 bridgehead atoms. The number of fused-ring (bicyclic) bond motifs is 1. The molecule has 3 rings (SSSR count). The first-order valence-corrected chi connectivity index (χ1v) is 10.2. The highest BCUT2D eigenvalue weighted by molar-refractivity contribution is 5.85. The van der Waals surface area contributed by atoms with Crippen LogP contribution in [0.1, 0.15) is 73.8 Å². The van der Waals surface area contributed by atoms with Gasteiger partial charge in [-0.2, -0.15) is 4.98 Å². The van der Waals surface area contributed by atoms with Crippen molar-refractivity contribution in [3.8, 4) is 0 Å². The van der Waals surface area contributed by atoms with Gasteiger partial charge in [0, 0.05) is 11.9 Å². The lowest BCUT2D eigenvalue weighted by atomic mass is 9.94. The number of rotatable bonds is 3. The Bertz CT molecular complexity index is 761. The highest BCUT2D eigenvalue weighted by Crippen LogP contribution is 2.24. The highest BCUT2D eigenvalue weighted by atomic mass is 15.1. The topological polar surface area (TPSA) is 87.7 Å². The van der Waals surface area contributed by atoms with Gasteiger partial charge in [0.25, 0.3) is 0 Å². The Morgan fingerprint density at radius 1 is 0.926 bits per heavy atom. The van der Waals surface area contributed by atoms with E-state index in [4.69, 9.17) is 11.1 Å². The van der Waals surface area contributed by atoms with E-state index in [9.17, 15) is 0 Å².